The standard InChI is InChI=1S/C21H14ClF3N2O2/c22-17-12-16(10-11-18(17)27-20(29)13-4-2-1-3-5-13)26-19(28)14-6-8-15(9-7-14)21(23,24)25/h1-12H,(H,26,28)(H,27,29). The third-order valence-electron chi connectivity index (χ3n) is 3.99. The van der Waals surface area contributed by atoms with E-state index in [-0.39, 0.29) is 16.5 Å². The zero-order valence-electron chi connectivity index (χ0n) is 14.8. The van der Waals surface area contributed by atoms with Crippen LogP contribution in [0.4, 0.5) is 24.5 Å². The molecule has 0 unspecified atom stereocenters. The number of hydrogen-bond donors (Lipinski definition) is 2. The topological polar surface area (TPSA) is 58.2 Å². The summed E-state index contributed by atoms with van der Waals surface area (Å²) >= 11 is 6.17. The summed E-state index contributed by atoms with van der Waals surface area (Å²) in [5.74, 6) is -0.926. The van der Waals surface area contributed by atoms with Gasteiger partial charge in [-0.1, -0.05) is 29.8 Å². The molecule has 29 heavy (non-hydrogen) atoms. The normalized spacial score (nSPS) is 11.0. The molecule has 3 aromatic rings. The highest BCUT2D eigenvalue weighted by atomic mass is 35.5. The third-order valence-corrected chi connectivity index (χ3v) is 4.30. The van der Waals surface area contributed by atoms with Crippen LogP contribution in [-0.2, 0) is 6.18 Å². The molecule has 0 aromatic heterocycles. The summed E-state index contributed by atoms with van der Waals surface area (Å²) in [7, 11) is 0. The lowest BCUT2D eigenvalue weighted by Crippen LogP contribution is -2.14. The van der Waals surface area contributed by atoms with Crippen molar-refractivity contribution in [2.75, 3.05) is 10.6 Å². The van der Waals surface area contributed by atoms with E-state index >= 15 is 0 Å². The lowest BCUT2D eigenvalue weighted by Gasteiger charge is -2.11. The number of hydrogen-bond acceptors (Lipinski definition) is 2. The van der Waals surface area contributed by atoms with E-state index < -0.39 is 17.6 Å². The Bertz CT molecular complexity index is 1040. The van der Waals surface area contributed by atoms with E-state index in [1.54, 1.807) is 30.3 Å². The molecule has 0 aliphatic heterocycles. The number of benzene rings is 3. The zero-order chi connectivity index (χ0) is 21.0. The Kier molecular flexibility index (Phi) is 5.89. The molecule has 0 aliphatic carbocycles. The van der Waals surface area contributed by atoms with Crippen LogP contribution >= 0.6 is 11.6 Å². The highest BCUT2D eigenvalue weighted by Crippen LogP contribution is 2.29. The van der Waals surface area contributed by atoms with Crippen molar-refractivity contribution in [3.8, 4) is 0 Å². The van der Waals surface area contributed by atoms with Crippen molar-refractivity contribution >= 4 is 34.8 Å². The molecule has 3 aromatic carbocycles. The van der Waals surface area contributed by atoms with Crippen molar-refractivity contribution in [2.45, 2.75) is 6.18 Å². The predicted octanol–water partition coefficient (Wildman–Crippen LogP) is 5.86. The number of carbonyl (C=O) groups is 2. The maximum Gasteiger partial charge on any atom is 0.416 e. The van der Waals surface area contributed by atoms with Gasteiger partial charge in [0, 0.05) is 16.8 Å². The summed E-state index contributed by atoms with van der Waals surface area (Å²) in [4.78, 5) is 24.4. The van der Waals surface area contributed by atoms with E-state index in [0.717, 1.165) is 24.3 Å². The fourth-order valence-electron chi connectivity index (χ4n) is 2.49. The second-order valence-corrected chi connectivity index (χ2v) is 6.45. The molecule has 2 amide bonds. The maximum atomic E-state index is 12.6. The van der Waals surface area contributed by atoms with Crippen LogP contribution in [0.5, 0.6) is 0 Å². The summed E-state index contributed by atoms with van der Waals surface area (Å²) in [5, 5.41) is 5.42. The summed E-state index contributed by atoms with van der Waals surface area (Å²) in [6.07, 6.45) is -4.47. The van der Waals surface area contributed by atoms with E-state index in [2.05, 4.69) is 10.6 Å². The Labute approximate surface area is 169 Å². The van der Waals surface area contributed by atoms with Gasteiger partial charge in [-0.15, -0.1) is 0 Å². The Hall–Kier alpha value is -3.32. The average molecular weight is 419 g/mol. The third kappa shape index (κ3) is 5.14. The van der Waals surface area contributed by atoms with Gasteiger partial charge < -0.3 is 10.6 Å². The number of carbonyl (C=O) groups excluding carboxylic acids is 2. The Morgan fingerprint density at radius 1 is 0.759 bits per heavy atom. The molecular weight excluding hydrogens is 405 g/mol. The van der Waals surface area contributed by atoms with Gasteiger partial charge in [0.05, 0.1) is 16.3 Å². The molecule has 0 spiro atoms. The molecule has 0 fully saturated rings. The highest BCUT2D eigenvalue weighted by molar-refractivity contribution is 6.34. The lowest BCUT2D eigenvalue weighted by molar-refractivity contribution is -0.137. The second kappa shape index (κ2) is 8.36. The fraction of sp³-hybridized carbons (Fsp3) is 0.0476. The Morgan fingerprint density at radius 3 is 1.93 bits per heavy atom. The molecular formula is C21H14ClF3N2O2. The van der Waals surface area contributed by atoms with Gasteiger partial charge in [-0.05, 0) is 54.6 Å². The molecule has 148 valence electrons. The van der Waals surface area contributed by atoms with Crippen LogP contribution in [0.3, 0.4) is 0 Å². The number of anilines is 2. The zero-order valence-corrected chi connectivity index (χ0v) is 15.5. The first-order valence-corrected chi connectivity index (χ1v) is 8.76. The van der Waals surface area contributed by atoms with Crippen molar-refractivity contribution in [2.24, 2.45) is 0 Å². The quantitative estimate of drug-likeness (QED) is 0.557. The number of halogens is 4. The molecule has 0 saturated carbocycles. The van der Waals surface area contributed by atoms with Crippen LogP contribution in [0.1, 0.15) is 26.3 Å². The maximum absolute atomic E-state index is 12.6. The van der Waals surface area contributed by atoms with Crippen molar-refractivity contribution in [3.63, 3.8) is 0 Å². The van der Waals surface area contributed by atoms with E-state index in [1.165, 1.54) is 18.2 Å². The number of rotatable bonds is 4. The summed E-state index contributed by atoms with van der Waals surface area (Å²) in [5.41, 5.74) is 0.375. The first kappa shape index (κ1) is 20.4. The number of nitrogens with one attached hydrogen (secondary N) is 2. The molecule has 0 bridgehead atoms. The van der Waals surface area contributed by atoms with Gasteiger partial charge in [0.1, 0.15) is 0 Å². The summed E-state index contributed by atoms with van der Waals surface area (Å²) < 4.78 is 37.8. The Morgan fingerprint density at radius 2 is 1.34 bits per heavy atom. The second-order valence-electron chi connectivity index (χ2n) is 6.04. The van der Waals surface area contributed by atoms with Crippen LogP contribution in [-0.4, -0.2) is 11.8 Å². The van der Waals surface area contributed by atoms with Gasteiger partial charge >= 0.3 is 6.18 Å². The minimum atomic E-state index is -4.47. The van der Waals surface area contributed by atoms with Crippen molar-refractivity contribution in [3.05, 3.63) is 94.5 Å². The van der Waals surface area contributed by atoms with Crippen LogP contribution in [0.2, 0.25) is 5.02 Å². The van der Waals surface area contributed by atoms with Gasteiger partial charge in [-0.25, -0.2) is 0 Å². The summed E-state index contributed by atoms with van der Waals surface area (Å²) in [6.45, 7) is 0. The van der Waals surface area contributed by atoms with Crippen LogP contribution in [0.15, 0.2) is 72.8 Å². The first-order chi connectivity index (χ1) is 13.7. The number of amides is 2. The Balaban J connectivity index is 1.68. The van der Waals surface area contributed by atoms with Gasteiger partial charge in [-0.2, -0.15) is 13.2 Å². The molecule has 3 rings (SSSR count). The molecule has 0 heterocycles. The molecule has 0 atom stereocenters. The van der Waals surface area contributed by atoms with E-state index in [9.17, 15) is 22.8 Å². The minimum absolute atomic E-state index is 0.0654. The van der Waals surface area contributed by atoms with Gasteiger partial charge in [0.15, 0.2) is 0 Å². The van der Waals surface area contributed by atoms with Crippen LogP contribution < -0.4 is 10.6 Å². The highest BCUT2D eigenvalue weighted by Gasteiger charge is 2.30. The monoisotopic (exact) mass is 418 g/mol. The SMILES string of the molecule is O=C(Nc1ccc(NC(=O)c2ccccc2)c(Cl)c1)c1ccc(C(F)(F)F)cc1. The minimum Gasteiger partial charge on any atom is -0.322 e. The fourth-order valence-corrected chi connectivity index (χ4v) is 2.72. The predicted molar refractivity (Wildman–Crippen MR) is 105 cm³/mol. The summed E-state index contributed by atoms with van der Waals surface area (Å²) in [6, 6.07) is 16.9. The van der Waals surface area contributed by atoms with Crippen LogP contribution in [0.25, 0.3) is 0 Å². The smallest absolute Gasteiger partial charge is 0.322 e. The number of alkyl halides is 3. The molecule has 0 aliphatic rings. The molecule has 0 radical (unpaired) electrons. The van der Waals surface area contributed by atoms with Gasteiger partial charge in [-0.3, -0.25) is 9.59 Å². The first-order valence-electron chi connectivity index (χ1n) is 8.38. The molecule has 0 saturated heterocycles. The van der Waals surface area contributed by atoms with Crippen molar-refractivity contribution in [1.29, 1.82) is 0 Å². The van der Waals surface area contributed by atoms with E-state index in [4.69, 9.17) is 11.6 Å². The van der Waals surface area contributed by atoms with E-state index in [1.807, 2.05) is 0 Å². The molecule has 2 N–H and O–H groups in total. The lowest BCUT2D eigenvalue weighted by atomic mass is 10.1. The van der Waals surface area contributed by atoms with E-state index in [0.29, 0.717) is 16.9 Å². The van der Waals surface area contributed by atoms with Crippen molar-refractivity contribution in [1.82, 2.24) is 0 Å². The van der Waals surface area contributed by atoms with Crippen molar-refractivity contribution < 1.29 is 22.8 Å². The molecule has 4 nitrogen and oxygen atoms in total. The van der Waals surface area contributed by atoms with Gasteiger partial charge in [0.25, 0.3) is 11.8 Å². The van der Waals surface area contributed by atoms with Crippen LogP contribution in [0, 0.1) is 0 Å². The molecule has 8 heteroatoms. The van der Waals surface area contributed by atoms with Gasteiger partial charge in [0.2, 0.25) is 0 Å². The average Bonchev–Trinajstić information content (AvgIpc) is 2.70. The largest absolute Gasteiger partial charge is 0.416 e.